The van der Waals surface area contributed by atoms with Crippen molar-refractivity contribution in [2.75, 3.05) is 32.8 Å². The first-order chi connectivity index (χ1) is 17.8. The number of amides is 1. The Kier molecular flexibility index (Phi) is 7.19. The summed E-state index contributed by atoms with van der Waals surface area (Å²) in [5, 5.41) is 15.3. The molecule has 1 atom stereocenters. The third-order valence-corrected chi connectivity index (χ3v) is 5.81. The molecule has 1 saturated heterocycles. The van der Waals surface area contributed by atoms with Gasteiger partial charge < -0.3 is 28.6 Å². The van der Waals surface area contributed by atoms with Gasteiger partial charge in [-0.1, -0.05) is 17.8 Å². The number of aromatic nitrogens is 1. The van der Waals surface area contributed by atoms with Crippen LogP contribution >= 0.6 is 0 Å². The maximum absolute atomic E-state index is 13.3. The summed E-state index contributed by atoms with van der Waals surface area (Å²) in [5.74, 6) is -0.0704. The fourth-order valence-corrected chi connectivity index (χ4v) is 4.13. The summed E-state index contributed by atoms with van der Waals surface area (Å²) in [4.78, 5) is 27.8. The highest BCUT2D eigenvalue weighted by atomic mass is 16.5. The summed E-state index contributed by atoms with van der Waals surface area (Å²) < 4.78 is 27.0. The fourth-order valence-electron chi connectivity index (χ4n) is 4.13. The molecule has 0 aliphatic carbocycles. The molecular weight excluding hydrogens is 480 g/mol. The van der Waals surface area contributed by atoms with Gasteiger partial charge in [0.1, 0.15) is 23.9 Å². The quantitative estimate of drug-likeness (QED) is 0.197. The Balaban J connectivity index is 1.93. The van der Waals surface area contributed by atoms with Gasteiger partial charge in [0.2, 0.25) is 5.75 Å². The number of methoxy groups -OCH3 is 3. The second-order valence-electron chi connectivity index (χ2n) is 8.05. The number of rotatable bonds is 9. The molecule has 0 bridgehead atoms. The Morgan fingerprint density at radius 1 is 1.08 bits per heavy atom. The molecule has 1 amide bonds. The van der Waals surface area contributed by atoms with Crippen molar-refractivity contribution in [1.82, 2.24) is 5.16 Å². The largest absolute Gasteiger partial charge is 0.507 e. The van der Waals surface area contributed by atoms with Crippen molar-refractivity contribution in [2.45, 2.75) is 13.0 Å². The van der Waals surface area contributed by atoms with E-state index in [0.717, 1.165) is 0 Å². The van der Waals surface area contributed by atoms with Crippen molar-refractivity contribution in [3.05, 3.63) is 77.6 Å². The minimum absolute atomic E-state index is 0.116. The highest BCUT2D eigenvalue weighted by molar-refractivity contribution is 6.51. The highest BCUT2D eigenvalue weighted by Gasteiger charge is 2.48. The van der Waals surface area contributed by atoms with Crippen molar-refractivity contribution < 1.29 is 38.2 Å². The van der Waals surface area contributed by atoms with E-state index in [1.54, 1.807) is 49.4 Å². The number of ether oxygens (including phenoxy) is 4. The lowest BCUT2D eigenvalue weighted by atomic mass is 9.94. The van der Waals surface area contributed by atoms with Crippen LogP contribution < -0.4 is 23.8 Å². The molecule has 1 aliphatic heterocycles. The van der Waals surface area contributed by atoms with Crippen LogP contribution in [0, 0.1) is 6.92 Å². The van der Waals surface area contributed by atoms with E-state index in [-0.39, 0.29) is 17.2 Å². The van der Waals surface area contributed by atoms with Crippen LogP contribution in [0.4, 0.5) is 5.82 Å². The lowest BCUT2D eigenvalue weighted by molar-refractivity contribution is -0.132. The molecule has 1 aromatic heterocycles. The number of aryl methyl sites for hydroxylation is 1. The molecule has 1 aliphatic rings. The number of ketones is 1. The van der Waals surface area contributed by atoms with Crippen LogP contribution in [0.3, 0.4) is 0 Å². The van der Waals surface area contributed by atoms with E-state index in [1.165, 1.54) is 32.3 Å². The minimum atomic E-state index is -1.07. The molecule has 1 N–H and O–H groups in total. The Morgan fingerprint density at radius 2 is 1.73 bits per heavy atom. The molecular formula is C27H26N2O8. The number of carbonyl (C=O) groups is 2. The van der Waals surface area contributed by atoms with Gasteiger partial charge in [0.15, 0.2) is 17.3 Å². The summed E-state index contributed by atoms with van der Waals surface area (Å²) >= 11 is 0. The average molecular weight is 507 g/mol. The van der Waals surface area contributed by atoms with Crippen LogP contribution in [0.25, 0.3) is 5.76 Å². The number of aliphatic hydroxyl groups excluding tert-OH is 1. The number of anilines is 1. The normalized spacial score (nSPS) is 16.5. The van der Waals surface area contributed by atoms with Gasteiger partial charge in [0, 0.05) is 11.6 Å². The van der Waals surface area contributed by atoms with Gasteiger partial charge in [-0.3, -0.25) is 14.5 Å². The third-order valence-electron chi connectivity index (χ3n) is 5.81. The van der Waals surface area contributed by atoms with Crippen molar-refractivity contribution in [3.63, 3.8) is 0 Å². The Morgan fingerprint density at radius 3 is 2.24 bits per heavy atom. The van der Waals surface area contributed by atoms with E-state index in [2.05, 4.69) is 11.7 Å². The number of hydrogen-bond donors (Lipinski definition) is 1. The lowest BCUT2D eigenvalue weighted by Gasteiger charge is -2.24. The molecule has 2 aromatic carbocycles. The van der Waals surface area contributed by atoms with E-state index in [4.69, 9.17) is 23.5 Å². The number of carbonyl (C=O) groups excluding carboxylic acids is 2. The Hall–Kier alpha value is -4.73. The lowest BCUT2D eigenvalue weighted by Crippen LogP contribution is -2.29. The zero-order valence-electron chi connectivity index (χ0n) is 20.8. The van der Waals surface area contributed by atoms with E-state index in [9.17, 15) is 14.7 Å². The summed E-state index contributed by atoms with van der Waals surface area (Å²) in [6.07, 6.45) is 1.61. The molecule has 3 aromatic rings. The van der Waals surface area contributed by atoms with Gasteiger partial charge >= 0.3 is 5.91 Å². The molecule has 10 heteroatoms. The second-order valence-corrected chi connectivity index (χ2v) is 8.05. The number of benzene rings is 2. The van der Waals surface area contributed by atoms with Gasteiger partial charge in [0.05, 0.1) is 32.9 Å². The minimum Gasteiger partial charge on any atom is -0.507 e. The van der Waals surface area contributed by atoms with Crippen LogP contribution in [0.1, 0.15) is 22.9 Å². The Bertz CT molecular complexity index is 1350. The third kappa shape index (κ3) is 4.61. The van der Waals surface area contributed by atoms with E-state index < -0.39 is 17.7 Å². The van der Waals surface area contributed by atoms with Crippen molar-refractivity contribution in [3.8, 4) is 23.0 Å². The van der Waals surface area contributed by atoms with Gasteiger partial charge in [-0.15, -0.1) is 0 Å². The predicted molar refractivity (Wildman–Crippen MR) is 134 cm³/mol. The van der Waals surface area contributed by atoms with Gasteiger partial charge in [-0.25, -0.2) is 0 Å². The smallest absolute Gasteiger partial charge is 0.301 e. The van der Waals surface area contributed by atoms with E-state index in [0.29, 0.717) is 46.5 Å². The first-order valence-corrected chi connectivity index (χ1v) is 11.2. The number of hydrogen-bond acceptors (Lipinski definition) is 9. The molecule has 4 rings (SSSR count). The summed E-state index contributed by atoms with van der Waals surface area (Å²) in [6, 6.07) is 10.1. The molecule has 1 unspecified atom stereocenters. The van der Waals surface area contributed by atoms with E-state index in [1.807, 2.05) is 0 Å². The molecule has 0 saturated carbocycles. The van der Waals surface area contributed by atoms with E-state index >= 15 is 0 Å². The standard InChI is InChI=1S/C27H26N2O8/c1-6-11-36-18-9-7-16(8-10-18)24(30)22-23(17-13-19(33-3)26(35-5)20(14-17)34-4)29(27(32)25(22)31)21-12-15(2)37-28-21/h6-10,12-14,23,30H,1,11H2,2-5H3/b24-22+. The molecule has 1 fully saturated rings. The highest BCUT2D eigenvalue weighted by Crippen LogP contribution is 2.47. The van der Waals surface area contributed by atoms with Crippen molar-refractivity contribution in [1.29, 1.82) is 0 Å². The zero-order valence-corrected chi connectivity index (χ0v) is 20.8. The van der Waals surface area contributed by atoms with Crippen molar-refractivity contribution in [2.24, 2.45) is 0 Å². The fraction of sp³-hybridized carbons (Fsp3) is 0.222. The molecule has 10 nitrogen and oxygen atoms in total. The first kappa shape index (κ1) is 25.4. The number of Topliss-reactive ketones (excluding diaryl/α,β-unsaturated/α-hetero) is 1. The SMILES string of the molecule is C=CCOc1ccc(/C(O)=C2\C(=O)C(=O)N(c3cc(C)on3)C2c2cc(OC)c(OC)c(OC)c2)cc1. The maximum Gasteiger partial charge on any atom is 0.301 e. The zero-order chi connectivity index (χ0) is 26.7. The molecule has 37 heavy (non-hydrogen) atoms. The van der Waals surface area contributed by atoms with Crippen LogP contribution in [-0.2, 0) is 9.59 Å². The topological polar surface area (TPSA) is 121 Å². The molecule has 192 valence electrons. The summed E-state index contributed by atoms with van der Waals surface area (Å²) in [6.45, 7) is 5.59. The summed E-state index contributed by atoms with van der Waals surface area (Å²) in [7, 11) is 4.37. The van der Waals surface area contributed by atoms with Crippen LogP contribution in [0.5, 0.6) is 23.0 Å². The van der Waals surface area contributed by atoms with Gasteiger partial charge in [-0.2, -0.15) is 0 Å². The molecule has 0 spiro atoms. The van der Waals surface area contributed by atoms with Crippen LogP contribution in [0.2, 0.25) is 0 Å². The summed E-state index contributed by atoms with van der Waals surface area (Å²) in [5.41, 5.74) is 0.597. The molecule has 2 heterocycles. The average Bonchev–Trinajstić information content (AvgIpc) is 3.46. The van der Waals surface area contributed by atoms with Crippen LogP contribution in [-0.4, -0.2) is 49.9 Å². The number of nitrogens with zero attached hydrogens (tertiary/aromatic N) is 2. The van der Waals surface area contributed by atoms with Gasteiger partial charge in [0.25, 0.3) is 5.78 Å². The molecule has 0 radical (unpaired) electrons. The second kappa shape index (κ2) is 10.5. The Labute approximate surface area is 213 Å². The monoisotopic (exact) mass is 506 g/mol. The predicted octanol–water partition coefficient (Wildman–Crippen LogP) is 4.20. The van der Waals surface area contributed by atoms with Crippen LogP contribution in [0.15, 0.2) is 65.2 Å². The number of aliphatic hydroxyl groups is 1. The maximum atomic E-state index is 13.3. The van der Waals surface area contributed by atoms with Gasteiger partial charge in [-0.05, 0) is 48.9 Å². The van der Waals surface area contributed by atoms with Crippen molar-refractivity contribution >= 4 is 23.3 Å². The first-order valence-electron chi connectivity index (χ1n) is 11.2.